The van der Waals surface area contributed by atoms with Gasteiger partial charge in [-0.25, -0.2) is 0 Å². The van der Waals surface area contributed by atoms with E-state index in [4.69, 9.17) is 0 Å². The summed E-state index contributed by atoms with van der Waals surface area (Å²) in [4.78, 5) is 0. The smallest absolute Gasteiger partial charge is 0.0389 e. The van der Waals surface area contributed by atoms with Crippen LogP contribution in [0.25, 0.3) is 0 Å². The third kappa shape index (κ3) is 3.93. The van der Waals surface area contributed by atoms with Gasteiger partial charge in [-0.2, -0.15) is 0 Å². The van der Waals surface area contributed by atoms with Crippen molar-refractivity contribution in [3.63, 3.8) is 0 Å². The molecule has 1 N–H and O–H groups in total. The van der Waals surface area contributed by atoms with E-state index in [0.717, 1.165) is 6.54 Å². The van der Waals surface area contributed by atoms with E-state index in [2.05, 4.69) is 104 Å². The Morgan fingerprint density at radius 2 is 1.25 bits per heavy atom. The first-order valence-electron chi connectivity index (χ1n) is 8.63. The van der Waals surface area contributed by atoms with Crippen LogP contribution >= 0.6 is 0 Å². The second-order valence-corrected chi connectivity index (χ2v) is 6.40. The van der Waals surface area contributed by atoms with E-state index >= 15 is 0 Å². The van der Waals surface area contributed by atoms with Crippen LogP contribution in [-0.4, -0.2) is 0 Å². The first-order valence-corrected chi connectivity index (χ1v) is 8.63. The van der Waals surface area contributed by atoms with E-state index in [1.807, 2.05) is 0 Å². The van der Waals surface area contributed by atoms with Gasteiger partial charge in [0.05, 0.1) is 0 Å². The maximum absolute atomic E-state index is 3.79. The van der Waals surface area contributed by atoms with Crippen molar-refractivity contribution in [2.45, 2.75) is 32.4 Å². The van der Waals surface area contributed by atoms with Crippen LogP contribution in [0.3, 0.4) is 0 Å². The normalized spacial score (nSPS) is 13.4. The molecule has 2 atom stereocenters. The summed E-state index contributed by atoms with van der Waals surface area (Å²) in [5.41, 5.74) is 5.40. The zero-order valence-electron chi connectivity index (χ0n) is 14.4. The van der Waals surface area contributed by atoms with Gasteiger partial charge < -0.3 is 5.32 Å². The minimum atomic E-state index is 0.285. The largest absolute Gasteiger partial charge is 0.305 e. The second-order valence-electron chi connectivity index (χ2n) is 6.40. The molecule has 0 radical (unpaired) electrons. The lowest BCUT2D eigenvalue weighted by molar-refractivity contribution is 0.464. The van der Waals surface area contributed by atoms with Gasteiger partial charge >= 0.3 is 0 Å². The lowest BCUT2D eigenvalue weighted by atomic mass is 9.88. The summed E-state index contributed by atoms with van der Waals surface area (Å²) in [6.45, 7) is 5.36. The lowest BCUT2D eigenvalue weighted by Crippen LogP contribution is -2.26. The fourth-order valence-corrected chi connectivity index (χ4v) is 3.22. The van der Waals surface area contributed by atoms with Crippen molar-refractivity contribution in [1.82, 2.24) is 5.32 Å². The molecule has 0 amide bonds. The van der Waals surface area contributed by atoms with E-state index in [-0.39, 0.29) is 6.04 Å². The topological polar surface area (TPSA) is 12.0 Å². The van der Waals surface area contributed by atoms with Crippen molar-refractivity contribution in [2.24, 2.45) is 0 Å². The molecule has 0 unspecified atom stereocenters. The molecule has 122 valence electrons. The highest BCUT2D eigenvalue weighted by molar-refractivity contribution is 5.29. The van der Waals surface area contributed by atoms with Gasteiger partial charge in [0.1, 0.15) is 0 Å². The van der Waals surface area contributed by atoms with Crippen LogP contribution < -0.4 is 5.32 Å². The van der Waals surface area contributed by atoms with Gasteiger partial charge in [-0.1, -0.05) is 91.9 Å². The number of rotatable bonds is 6. The van der Waals surface area contributed by atoms with Crippen molar-refractivity contribution < 1.29 is 0 Å². The number of hydrogen-bond acceptors (Lipinski definition) is 1. The fourth-order valence-electron chi connectivity index (χ4n) is 3.22. The standard InChI is InChI=1S/C23H25N/c1-18-11-9-10-16-22(18)17-24-23(21-14-7-4-8-15-21)19(2)20-12-5-3-6-13-20/h3-16,19,23-24H,17H2,1-2H3/t19-,23+/m0/s1. The van der Waals surface area contributed by atoms with Gasteiger partial charge in [0.15, 0.2) is 0 Å². The van der Waals surface area contributed by atoms with Crippen molar-refractivity contribution in [2.75, 3.05) is 0 Å². The van der Waals surface area contributed by atoms with Crippen molar-refractivity contribution in [3.8, 4) is 0 Å². The molecule has 1 nitrogen and oxygen atoms in total. The molecule has 3 aromatic rings. The molecule has 0 heterocycles. The minimum Gasteiger partial charge on any atom is -0.305 e. The Labute approximate surface area is 145 Å². The predicted octanol–water partition coefficient (Wildman–Crippen LogP) is 5.63. The quantitative estimate of drug-likeness (QED) is 0.621. The van der Waals surface area contributed by atoms with Gasteiger partial charge in [-0.3, -0.25) is 0 Å². The third-order valence-electron chi connectivity index (χ3n) is 4.76. The molecular formula is C23H25N. The van der Waals surface area contributed by atoms with Crippen LogP contribution in [0.2, 0.25) is 0 Å². The summed E-state index contributed by atoms with van der Waals surface area (Å²) in [5.74, 6) is 0.401. The Morgan fingerprint density at radius 1 is 0.708 bits per heavy atom. The van der Waals surface area contributed by atoms with E-state index < -0.39 is 0 Å². The monoisotopic (exact) mass is 315 g/mol. The van der Waals surface area contributed by atoms with Crippen molar-refractivity contribution in [1.29, 1.82) is 0 Å². The van der Waals surface area contributed by atoms with Crippen LogP contribution in [0.4, 0.5) is 0 Å². The van der Waals surface area contributed by atoms with Crippen molar-refractivity contribution in [3.05, 3.63) is 107 Å². The average molecular weight is 315 g/mol. The van der Waals surface area contributed by atoms with Gasteiger partial charge in [0.2, 0.25) is 0 Å². The highest BCUT2D eigenvalue weighted by Crippen LogP contribution is 2.30. The molecule has 0 spiro atoms. The van der Waals surface area contributed by atoms with Crippen molar-refractivity contribution >= 4 is 0 Å². The molecule has 0 aliphatic carbocycles. The average Bonchev–Trinajstić information content (AvgIpc) is 2.65. The first-order chi connectivity index (χ1) is 11.8. The summed E-state index contributed by atoms with van der Waals surface area (Å²) < 4.78 is 0. The van der Waals surface area contributed by atoms with Crippen LogP contribution in [0, 0.1) is 6.92 Å². The Morgan fingerprint density at radius 3 is 1.88 bits per heavy atom. The molecule has 24 heavy (non-hydrogen) atoms. The SMILES string of the molecule is Cc1ccccc1CN[C@@H](c1ccccc1)[C@@H](C)c1ccccc1. The molecule has 0 fully saturated rings. The highest BCUT2D eigenvalue weighted by atomic mass is 14.9. The second kappa shape index (κ2) is 7.94. The van der Waals surface area contributed by atoms with Gasteiger partial charge in [-0.15, -0.1) is 0 Å². The van der Waals surface area contributed by atoms with Crippen LogP contribution in [0.15, 0.2) is 84.9 Å². The predicted molar refractivity (Wildman–Crippen MR) is 102 cm³/mol. The van der Waals surface area contributed by atoms with Crippen LogP contribution in [0.1, 0.15) is 41.1 Å². The minimum absolute atomic E-state index is 0.285. The molecule has 0 saturated carbocycles. The Bertz CT molecular complexity index is 749. The summed E-state index contributed by atoms with van der Waals surface area (Å²) in [6, 6.07) is 30.4. The number of hydrogen-bond donors (Lipinski definition) is 1. The summed E-state index contributed by atoms with van der Waals surface area (Å²) in [7, 11) is 0. The molecule has 0 aliphatic rings. The molecule has 1 heteroatoms. The van der Waals surface area contributed by atoms with Gasteiger partial charge in [0.25, 0.3) is 0 Å². The molecular weight excluding hydrogens is 290 g/mol. The zero-order chi connectivity index (χ0) is 16.8. The van der Waals surface area contributed by atoms with E-state index in [1.54, 1.807) is 0 Å². The Hall–Kier alpha value is -2.38. The molecule has 3 aromatic carbocycles. The zero-order valence-corrected chi connectivity index (χ0v) is 14.4. The Kier molecular flexibility index (Phi) is 5.45. The lowest BCUT2D eigenvalue weighted by Gasteiger charge is -2.27. The molecule has 0 saturated heterocycles. The third-order valence-corrected chi connectivity index (χ3v) is 4.76. The Balaban J connectivity index is 1.84. The summed E-state index contributed by atoms with van der Waals surface area (Å²) in [6.07, 6.45) is 0. The molecule has 0 aliphatic heterocycles. The van der Waals surface area contributed by atoms with Crippen LogP contribution in [0.5, 0.6) is 0 Å². The van der Waals surface area contributed by atoms with E-state index in [0.29, 0.717) is 5.92 Å². The number of aryl methyl sites for hydroxylation is 1. The number of nitrogens with one attached hydrogen (secondary N) is 1. The van der Waals surface area contributed by atoms with Gasteiger partial charge in [0, 0.05) is 18.5 Å². The van der Waals surface area contributed by atoms with E-state index in [9.17, 15) is 0 Å². The van der Waals surface area contributed by atoms with Gasteiger partial charge in [-0.05, 0) is 29.2 Å². The summed E-state index contributed by atoms with van der Waals surface area (Å²) >= 11 is 0. The highest BCUT2D eigenvalue weighted by Gasteiger charge is 2.20. The maximum atomic E-state index is 3.79. The molecule has 0 aromatic heterocycles. The molecule has 3 rings (SSSR count). The van der Waals surface area contributed by atoms with Crippen LogP contribution in [-0.2, 0) is 6.54 Å². The van der Waals surface area contributed by atoms with E-state index in [1.165, 1.54) is 22.3 Å². The number of benzene rings is 3. The molecule has 0 bridgehead atoms. The maximum Gasteiger partial charge on any atom is 0.0389 e. The first kappa shape index (κ1) is 16.5. The summed E-state index contributed by atoms with van der Waals surface area (Å²) in [5, 5.41) is 3.79. The fraction of sp³-hybridized carbons (Fsp3) is 0.217.